The summed E-state index contributed by atoms with van der Waals surface area (Å²) in [4.78, 5) is 22.8. The first-order chi connectivity index (χ1) is 7.83. The molecule has 0 spiro atoms. The lowest BCUT2D eigenvalue weighted by atomic mass is 10.4. The lowest BCUT2D eigenvalue weighted by molar-refractivity contribution is 0.745. The predicted molar refractivity (Wildman–Crippen MR) is 61.6 cm³/mol. The van der Waals surface area contributed by atoms with Gasteiger partial charge in [0.1, 0.15) is 10.5 Å². The average molecular weight is 232 g/mol. The first-order valence-corrected chi connectivity index (χ1v) is 5.63. The summed E-state index contributed by atoms with van der Waals surface area (Å²) in [5.41, 5.74) is 0.680. The summed E-state index contributed by atoms with van der Waals surface area (Å²) in [5, 5.41) is 1.87. The van der Waals surface area contributed by atoms with Gasteiger partial charge in [-0.15, -0.1) is 11.3 Å². The van der Waals surface area contributed by atoms with Crippen LogP contribution in [0.3, 0.4) is 0 Å². The van der Waals surface area contributed by atoms with E-state index in [0.29, 0.717) is 17.1 Å². The van der Waals surface area contributed by atoms with Crippen LogP contribution < -0.4 is 5.56 Å². The minimum absolute atomic E-state index is 0.0740. The molecule has 0 fully saturated rings. The van der Waals surface area contributed by atoms with E-state index in [1.807, 2.05) is 22.2 Å². The number of fused-ring (bicyclic) bond motifs is 1. The highest BCUT2D eigenvalue weighted by molar-refractivity contribution is 7.17. The molecule has 0 bridgehead atoms. The van der Waals surface area contributed by atoms with E-state index in [-0.39, 0.29) is 5.56 Å². The monoisotopic (exact) mass is 232 g/mol. The highest BCUT2D eigenvalue weighted by Crippen LogP contribution is 2.13. The maximum atomic E-state index is 11.7. The Morgan fingerprint density at radius 3 is 3.25 bits per heavy atom. The van der Waals surface area contributed by atoms with Crippen LogP contribution in [0.15, 0.2) is 35.0 Å². The maximum Gasteiger partial charge on any atom is 0.268 e. The second kappa shape index (κ2) is 3.57. The minimum Gasteiger partial charge on any atom is -0.330 e. The number of rotatable bonds is 2. The van der Waals surface area contributed by atoms with Crippen LogP contribution >= 0.6 is 11.3 Å². The molecule has 0 atom stereocenters. The van der Waals surface area contributed by atoms with Crippen molar-refractivity contribution < 1.29 is 0 Å². The van der Waals surface area contributed by atoms with Crippen molar-refractivity contribution in [3.63, 3.8) is 0 Å². The van der Waals surface area contributed by atoms with Crippen LogP contribution in [0, 0.1) is 0 Å². The van der Waals surface area contributed by atoms with E-state index in [9.17, 15) is 4.79 Å². The zero-order chi connectivity index (χ0) is 11.0. The van der Waals surface area contributed by atoms with Crippen molar-refractivity contribution in [3.05, 3.63) is 46.3 Å². The molecule has 3 heterocycles. The van der Waals surface area contributed by atoms with Crippen LogP contribution in [-0.4, -0.2) is 19.5 Å². The average Bonchev–Trinajstić information content (AvgIpc) is 2.87. The molecule has 0 saturated heterocycles. The molecule has 1 N–H and O–H groups in total. The summed E-state index contributed by atoms with van der Waals surface area (Å²) in [6.07, 6.45) is 5.22. The Morgan fingerprint density at radius 2 is 2.44 bits per heavy atom. The maximum absolute atomic E-state index is 11.7. The number of hydrogen-bond donors (Lipinski definition) is 1. The van der Waals surface area contributed by atoms with Crippen molar-refractivity contribution in [3.8, 4) is 0 Å². The van der Waals surface area contributed by atoms with Gasteiger partial charge in [-0.05, 0) is 11.4 Å². The number of thiophene rings is 1. The summed E-state index contributed by atoms with van der Waals surface area (Å²) in [6.45, 7) is 0.529. The van der Waals surface area contributed by atoms with Gasteiger partial charge in [-0.25, -0.2) is 9.97 Å². The van der Waals surface area contributed by atoms with Gasteiger partial charge in [-0.1, -0.05) is 0 Å². The lowest BCUT2D eigenvalue weighted by Crippen LogP contribution is -2.12. The van der Waals surface area contributed by atoms with E-state index in [2.05, 4.69) is 15.0 Å². The van der Waals surface area contributed by atoms with Crippen LogP contribution in [0.2, 0.25) is 0 Å². The van der Waals surface area contributed by atoms with E-state index in [1.165, 1.54) is 11.3 Å². The van der Waals surface area contributed by atoms with E-state index in [4.69, 9.17) is 0 Å². The van der Waals surface area contributed by atoms with Crippen LogP contribution in [0.4, 0.5) is 0 Å². The normalized spacial score (nSPS) is 11.0. The van der Waals surface area contributed by atoms with Crippen molar-refractivity contribution >= 4 is 21.6 Å². The molecular weight excluding hydrogens is 224 g/mol. The topological polar surface area (TPSA) is 63.6 Å². The Balaban J connectivity index is 2.07. The number of aromatic nitrogens is 4. The second-order valence-electron chi connectivity index (χ2n) is 3.38. The second-order valence-corrected chi connectivity index (χ2v) is 4.30. The molecule has 0 amide bonds. The van der Waals surface area contributed by atoms with Crippen LogP contribution in [0.25, 0.3) is 10.2 Å². The molecule has 5 nitrogen and oxygen atoms in total. The Labute approximate surface area is 94.4 Å². The van der Waals surface area contributed by atoms with Gasteiger partial charge >= 0.3 is 0 Å². The van der Waals surface area contributed by atoms with E-state index >= 15 is 0 Å². The van der Waals surface area contributed by atoms with Crippen molar-refractivity contribution in [2.24, 2.45) is 0 Å². The van der Waals surface area contributed by atoms with Gasteiger partial charge in [0.05, 0.1) is 18.4 Å². The number of H-pyrrole nitrogens is 1. The van der Waals surface area contributed by atoms with E-state index in [0.717, 1.165) is 5.52 Å². The highest BCUT2D eigenvalue weighted by Gasteiger charge is 2.04. The number of imidazole rings is 1. The van der Waals surface area contributed by atoms with Gasteiger partial charge in [0.15, 0.2) is 0 Å². The summed E-state index contributed by atoms with van der Waals surface area (Å²) in [5.74, 6) is 0.647. The molecule has 3 rings (SSSR count). The van der Waals surface area contributed by atoms with E-state index in [1.54, 1.807) is 12.5 Å². The fourth-order valence-corrected chi connectivity index (χ4v) is 2.28. The van der Waals surface area contributed by atoms with Crippen LogP contribution in [0.1, 0.15) is 5.82 Å². The van der Waals surface area contributed by atoms with Gasteiger partial charge in [0.25, 0.3) is 5.56 Å². The Hall–Kier alpha value is -1.95. The van der Waals surface area contributed by atoms with Gasteiger partial charge in [0.2, 0.25) is 0 Å². The quantitative estimate of drug-likeness (QED) is 0.722. The minimum atomic E-state index is -0.0740. The highest BCUT2D eigenvalue weighted by atomic mass is 32.1. The fourth-order valence-electron chi connectivity index (χ4n) is 1.55. The zero-order valence-corrected chi connectivity index (χ0v) is 9.07. The smallest absolute Gasteiger partial charge is 0.268 e. The van der Waals surface area contributed by atoms with Crippen LogP contribution in [-0.2, 0) is 6.54 Å². The first kappa shape index (κ1) is 9.29. The molecule has 0 unspecified atom stereocenters. The van der Waals surface area contributed by atoms with Gasteiger partial charge in [0, 0.05) is 12.4 Å². The molecule has 80 valence electrons. The molecule has 0 aromatic carbocycles. The molecule has 3 aromatic heterocycles. The molecule has 0 radical (unpaired) electrons. The fraction of sp³-hybridized carbons (Fsp3) is 0.100. The molecule has 0 aliphatic heterocycles. The van der Waals surface area contributed by atoms with Crippen molar-refractivity contribution in [1.82, 2.24) is 19.5 Å². The number of aromatic amines is 1. The predicted octanol–water partition coefficient (Wildman–Crippen LogP) is 1.23. The molecule has 16 heavy (non-hydrogen) atoms. The zero-order valence-electron chi connectivity index (χ0n) is 8.25. The number of nitrogens with one attached hydrogen (secondary N) is 1. The molecule has 0 aliphatic rings. The summed E-state index contributed by atoms with van der Waals surface area (Å²) >= 11 is 1.41. The van der Waals surface area contributed by atoms with Gasteiger partial charge < -0.3 is 9.55 Å². The third kappa shape index (κ3) is 1.53. The summed E-state index contributed by atoms with van der Waals surface area (Å²) in [7, 11) is 0. The SMILES string of the molecule is O=c1[nH]c(Cn2ccnc2)nc2ccsc12. The van der Waals surface area contributed by atoms with Crippen molar-refractivity contribution in [2.75, 3.05) is 0 Å². The lowest BCUT2D eigenvalue weighted by Gasteiger charge is -2.01. The molecular formula is C10H8N4OS. The molecule has 0 saturated carbocycles. The third-order valence-corrected chi connectivity index (χ3v) is 3.16. The molecule has 6 heteroatoms. The molecule has 3 aromatic rings. The van der Waals surface area contributed by atoms with Gasteiger partial charge in [-0.2, -0.15) is 0 Å². The van der Waals surface area contributed by atoms with Crippen molar-refractivity contribution in [2.45, 2.75) is 6.54 Å². The standard InChI is InChI=1S/C10H8N4OS/c15-10-9-7(1-4-16-9)12-8(13-10)5-14-3-2-11-6-14/h1-4,6H,5H2,(H,12,13,15). The summed E-state index contributed by atoms with van der Waals surface area (Å²) < 4.78 is 2.53. The Kier molecular flexibility index (Phi) is 2.07. The van der Waals surface area contributed by atoms with E-state index < -0.39 is 0 Å². The van der Waals surface area contributed by atoms with Gasteiger partial charge in [-0.3, -0.25) is 4.79 Å². The first-order valence-electron chi connectivity index (χ1n) is 4.75. The summed E-state index contributed by atoms with van der Waals surface area (Å²) in [6, 6.07) is 1.85. The Morgan fingerprint density at radius 1 is 1.50 bits per heavy atom. The van der Waals surface area contributed by atoms with Crippen molar-refractivity contribution in [1.29, 1.82) is 0 Å². The Bertz CT molecular complexity index is 668. The molecule has 0 aliphatic carbocycles. The number of hydrogen-bond acceptors (Lipinski definition) is 4. The van der Waals surface area contributed by atoms with Crippen LogP contribution in [0.5, 0.6) is 0 Å². The largest absolute Gasteiger partial charge is 0.330 e. The third-order valence-electron chi connectivity index (χ3n) is 2.26. The number of nitrogens with zero attached hydrogens (tertiary/aromatic N) is 3.